The molecule has 1 unspecified atom stereocenters. The maximum atomic E-state index is 12.3. The average molecular weight is 309 g/mol. The summed E-state index contributed by atoms with van der Waals surface area (Å²) in [5.41, 5.74) is 0.795. The first kappa shape index (κ1) is 16.2. The summed E-state index contributed by atoms with van der Waals surface area (Å²) in [7, 11) is 0. The second kappa shape index (κ2) is 6.84. The second-order valence-electron chi connectivity index (χ2n) is 7.14. The molecule has 1 aliphatic rings. The van der Waals surface area contributed by atoms with E-state index in [0.717, 1.165) is 13.0 Å². The number of aldehydes is 1. The van der Waals surface area contributed by atoms with Crippen molar-refractivity contribution in [1.82, 2.24) is 4.90 Å². The standard InChI is InChI=1S/C21H27NO/c1-17(2)21(16-23,12-15-22-13-5-6-14-22)20-11-7-9-18-8-3-4-10-19(18)20/h3-4,7-11,16-17H,5-6,12-15H2,1-2H3. The number of fused-ring (bicyclic) bond motifs is 1. The summed E-state index contributed by atoms with van der Waals surface area (Å²) in [4.78, 5) is 14.8. The number of hydrogen-bond donors (Lipinski definition) is 0. The first-order chi connectivity index (χ1) is 11.2. The summed E-state index contributed by atoms with van der Waals surface area (Å²) < 4.78 is 0. The molecule has 2 aromatic rings. The summed E-state index contributed by atoms with van der Waals surface area (Å²) >= 11 is 0. The molecule has 1 atom stereocenters. The highest BCUT2D eigenvalue weighted by Crippen LogP contribution is 2.38. The zero-order chi connectivity index (χ0) is 16.3. The molecule has 0 aliphatic carbocycles. The lowest BCUT2D eigenvalue weighted by Gasteiger charge is -2.35. The quantitative estimate of drug-likeness (QED) is 0.736. The molecule has 2 heteroatoms. The van der Waals surface area contributed by atoms with E-state index in [9.17, 15) is 4.79 Å². The van der Waals surface area contributed by atoms with Crippen LogP contribution in [0.1, 0.15) is 38.7 Å². The molecular formula is C21H27NO. The molecule has 0 bridgehead atoms. The van der Waals surface area contributed by atoms with Crippen molar-refractivity contribution in [2.45, 2.75) is 38.5 Å². The van der Waals surface area contributed by atoms with E-state index in [4.69, 9.17) is 0 Å². The van der Waals surface area contributed by atoms with Gasteiger partial charge in [-0.3, -0.25) is 0 Å². The van der Waals surface area contributed by atoms with Crippen LogP contribution in [-0.4, -0.2) is 30.8 Å². The molecule has 122 valence electrons. The number of rotatable bonds is 6. The highest BCUT2D eigenvalue weighted by molar-refractivity contribution is 5.90. The van der Waals surface area contributed by atoms with Gasteiger partial charge in [0.2, 0.25) is 0 Å². The molecule has 1 heterocycles. The van der Waals surface area contributed by atoms with E-state index >= 15 is 0 Å². The zero-order valence-electron chi connectivity index (χ0n) is 14.3. The lowest BCUT2D eigenvalue weighted by Crippen LogP contribution is -2.38. The monoisotopic (exact) mass is 309 g/mol. The van der Waals surface area contributed by atoms with Gasteiger partial charge in [0.05, 0.1) is 5.41 Å². The first-order valence-corrected chi connectivity index (χ1v) is 8.84. The van der Waals surface area contributed by atoms with Gasteiger partial charge in [-0.2, -0.15) is 0 Å². The van der Waals surface area contributed by atoms with Crippen LogP contribution in [0.3, 0.4) is 0 Å². The SMILES string of the molecule is CC(C)C(C=O)(CCN1CCCC1)c1cccc2ccccc12. The topological polar surface area (TPSA) is 20.3 Å². The molecule has 0 amide bonds. The summed E-state index contributed by atoms with van der Waals surface area (Å²) in [6.07, 6.45) is 4.71. The average Bonchev–Trinajstić information content (AvgIpc) is 3.09. The predicted molar refractivity (Wildman–Crippen MR) is 96.8 cm³/mol. The van der Waals surface area contributed by atoms with E-state index in [2.05, 4.69) is 61.2 Å². The van der Waals surface area contributed by atoms with Gasteiger partial charge in [-0.25, -0.2) is 0 Å². The third-order valence-electron chi connectivity index (χ3n) is 5.57. The Morgan fingerprint density at radius 2 is 1.78 bits per heavy atom. The fourth-order valence-corrected chi connectivity index (χ4v) is 3.97. The van der Waals surface area contributed by atoms with Gasteiger partial charge in [0.1, 0.15) is 6.29 Å². The normalized spacial score (nSPS) is 18.4. The van der Waals surface area contributed by atoms with E-state index in [1.807, 2.05) is 0 Å². The predicted octanol–water partition coefficient (Wildman–Crippen LogP) is 4.42. The van der Waals surface area contributed by atoms with Crippen LogP contribution in [0.15, 0.2) is 42.5 Å². The van der Waals surface area contributed by atoms with Gasteiger partial charge in [0.15, 0.2) is 0 Å². The number of benzene rings is 2. The summed E-state index contributed by atoms with van der Waals surface area (Å²) in [5, 5.41) is 2.44. The molecule has 3 rings (SSSR count). The van der Waals surface area contributed by atoms with Crippen molar-refractivity contribution in [3.8, 4) is 0 Å². The smallest absolute Gasteiger partial charge is 0.130 e. The van der Waals surface area contributed by atoms with Crippen molar-refractivity contribution < 1.29 is 4.79 Å². The first-order valence-electron chi connectivity index (χ1n) is 8.84. The van der Waals surface area contributed by atoms with Gasteiger partial charge in [0.25, 0.3) is 0 Å². The van der Waals surface area contributed by atoms with Gasteiger partial charge in [-0.1, -0.05) is 56.3 Å². The molecule has 1 fully saturated rings. The Morgan fingerprint density at radius 1 is 1.09 bits per heavy atom. The van der Waals surface area contributed by atoms with E-state index in [0.29, 0.717) is 0 Å². The van der Waals surface area contributed by atoms with Crippen LogP contribution in [0.2, 0.25) is 0 Å². The fourth-order valence-electron chi connectivity index (χ4n) is 3.97. The Hall–Kier alpha value is -1.67. The lowest BCUT2D eigenvalue weighted by molar-refractivity contribution is -0.114. The van der Waals surface area contributed by atoms with Crippen LogP contribution in [0.4, 0.5) is 0 Å². The van der Waals surface area contributed by atoms with Crippen molar-refractivity contribution >= 4 is 17.1 Å². The van der Waals surface area contributed by atoms with E-state index in [1.54, 1.807) is 0 Å². The molecule has 23 heavy (non-hydrogen) atoms. The Bertz CT molecular complexity index is 667. The van der Waals surface area contributed by atoms with E-state index < -0.39 is 5.41 Å². The highest BCUT2D eigenvalue weighted by atomic mass is 16.1. The van der Waals surface area contributed by atoms with Crippen molar-refractivity contribution in [1.29, 1.82) is 0 Å². The Kier molecular flexibility index (Phi) is 4.82. The third kappa shape index (κ3) is 3.05. The molecule has 2 nitrogen and oxygen atoms in total. The number of hydrogen-bond acceptors (Lipinski definition) is 2. The number of carbonyl (C=O) groups excluding carboxylic acids is 1. The number of likely N-dealkylation sites (tertiary alicyclic amines) is 1. The fraction of sp³-hybridized carbons (Fsp3) is 0.476. The molecule has 0 aromatic heterocycles. The molecule has 0 radical (unpaired) electrons. The Labute approximate surface area is 139 Å². The molecule has 2 aromatic carbocycles. The molecular weight excluding hydrogens is 282 g/mol. The second-order valence-corrected chi connectivity index (χ2v) is 7.14. The largest absolute Gasteiger partial charge is 0.303 e. The zero-order valence-corrected chi connectivity index (χ0v) is 14.3. The van der Waals surface area contributed by atoms with Crippen molar-refractivity contribution in [3.63, 3.8) is 0 Å². The van der Waals surface area contributed by atoms with Gasteiger partial charge >= 0.3 is 0 Å². The number of nitrogens with zero attached hydrogens (tertiary/aromatic N) is 1. The minimum atomic E-state index is -0.399. The van der Waals surface area contributed by atoms with Gasteiger partial charge in [-0.15, -0.1) is 0 Å². The highest BCUT2D eigenvalue weighted by Gasteiger charge is 2.37. The minimum absolute atomic E-state index is 0.286. The number of carbonyl (C=O) groups is 1. The van der Waals surface area contributed by atoms with Gasteiger partial charge < -0.3 is 9.69 Å². The van der Waals surface area contributed by atoms with Crippen LogP contribution >= 0.6 is 0 Å². The van der Waals surface area contributed by atoms with E-state index in [-0.39, 0.29) is 5.92 Å². The molecule has 1 saturated heterocycles. The Balaban J connectivity index is 2.01. The molecule has 0 N–H and O–H groups in total. The van der Waals surface area contributed by atoms with Crippen molar-refractivity contribution in [3.05, 3.63) is 48.0 Å². The van der Waals surface area contributed by atoms with Crippen molar-refractivity contribution in [2.24, 2.45) is 5.92 Å². The van der Waals surface area contributed by atoms with E-state index in [1.165, 1.54) is 48.6 Å². The van der Waals surface area contributed by atoms with Gasteiger partial charge in [0, 0.05) is 0 Å². The molecule has 0 saturated carbocycles. The van der Waals surface area contributed by atoms with Gasteiger partial charge in [-0.05, 0) is 61.2 Å². The minimum Gasteiger partial charge on any atom is -0.303 e. The maximum absolute atomic E-state index is 12.3. The van der Waals surface area contributed by atoms with Crippen LogP contribution in [0.25, 0.3) is 10.8 Å². The van der Waals surface area contributed by atoms with Crippen LogP contribution < -0.4 is 0 Å². The molecule has 0 spiro atoms. The van der Waals surface area contributed by atoms with Crippen LogP contribution in [0.5, 0.6) is 0 Å². The van der Waals surface area contributed by atoms with Crippen LogP contribution in [-0.2, 0) is 10.2 Å². The maximum Gasteiger partial charge on any atom is 0.130 e. The lowest BCUT2D eigenvalue weighted by atomic mass is 9.69. The summed E-state index contributed by atoms with van der Waals surface area (Å²) in [6, 6.07) is 14.8. The summed E-state index contributed by atoms with van der Waals surface area (Å²) in [6.45, 7) is 7.74. The van der Waals surface area contributed by atoms with Crippen molar-refractivity contribution in [2.75, 3.05) is 19.6 Å². The molecule has 1 aliphatic heterocycles. The Morgan fingerprint density at radius 3 is 2.48 bits per heavy atom. The third-order valence-corrected chi connectivity index (χ3v) is 5.57. The van der Waals surface area contributed by atoms with Crippen LogP contribution in [0, 0.1) is 5.92 Å². The summed E-state index contributed by atoms with van der Waals surface area (Å²) in [5.74, 6) is 0.286.